The third kappa shape index (κ3) is 10.8. The summed E-state index contributed by atoms with van der Waals surface area (Å²) in [4.78, 5) is 0. The van der Waals surface area contributed by atoms with E-state index < -0.39 is 6.73 Å². The maximum atomic E-state index is 4.94. The fourth-order valence-electron chi connectivity index (χ4n) is 1.15. The van der Waals surface area contributed by atoms with Gasteiger partial charge in [-0.3, -0.25) is 0 Å². The number of hydrogen-bond donors (Lipinski definition) is 0. The second-order valence-electron chi connectivity index (χ2n) is 2.94. The lowest BCUT2D eigenvalue weighted by Crippen LogP contribution is -1.84. The molecular formula is C8H15Cl3Si. The van der Waals surface area contributed by atoms with Crippen LogP contribution >= 0.6 is 33.2 Å². The van der Waals surface area contributed by atoms with Crippen molar-refractivity contribution in [1.29, 1.82) is 0 Å². The van der Waals surface area contributed by atoms with Gasteiger partial charge in [-0.05, 0) is 25.2 Å². The number of halogens is 3. The van der Waals surface area contributed by atoms with Gasteiger partial charge in [-0.2, -0.15) is 0 Å². The van der Waals surface area contributed by atoms with Gasteiger partial charge in [-0.25, -0.2) is 0 Å². The van der Waals surface area contributed by atoms with Crippen LogP contribution in [0.15, 0.2) is 12.2 Å². The Hall–Kier alpha value is 0.827. The molecule has 0 aromatic rings. The van der Waals surface area contributed by atoms with Crippen molar-refractivity contribution in [3.05, 3.63) is 12.2 Å². The summed E-state index contributed by atoms with van der Waals surface area (Å²) in [5.74, 6) is 0.845. The summed E-state index contributed by atoms with van der Waals surface area (Å²) >= 11 is 14.8. The van der Waals surface area contributed by atoms with Gasteiger partial charge in [0.15, 0.2) is 0 Å². The molecule has 0 aliphatic heterocycles. The number of hydrogen-bond acceptors (Lipinski definition) is 0. The van der Waals surface area contributed by atoms with Gasteiger partial charge in [0, 0.05) is 0 Å². The summed E-state index contributed by atoms with van der Waals surface area (Å²) in [5, 5.41) is 0. The van der Waals surface area contributed by atoms with Gasteiger partial charge >= 0.3 is 6.73 Å². The van der Waals surface area contributed by atoms with Gasteiger partial charge < -0.3 is 0 Å². The maximum absolute atomic E-state index is 4.94. The Balaban J connectivity index is 0.000000261. The molecule has 0 bridgehead atoms. The van der Waals surface area contributed by atoms with Crippen LogP contribution in [0, 0.1) is 5.92 Å². The van der Waals surface area contributed by atoms with Crippen LogP contribution in [-0.4, -0.2) is 6.73 Å². The largest absolute Gasteiger partial charge is 0.326 e. The normalized spacial score (nSPS) is 22.9. The molecule has 0 heterocycles. The van der Waals surface area contributed by atoms with Crippen LogP contribution < -0.4 is 0 Å². The van der Waals surface area contributed by atoms with Crippen molar-refractivity contribution in [3.8, 4) is 0 Å². The Labute approximate surface area is 90.6 Å². The zero-order chi connectivity index (χ0) is 9.40. The van der Waals surface area contributed by atoms with Crippen LogP contribution in [0.5, 0.6) is 0 Å². The number of rotatable bonds is 0. The van der Waals surface area contributed by atoms with E-state index in [0.717, 1.165) is 5.92 Å². The van der Waals surface area contributed by atoms with E-state index >= 15 is 0 Å². The van der Waals surface area contributed by atoms with Crippen molar-refractivity contribution >= 4 is 40.0 Å². The van der Waals surface area contributed by atoms with Gasteiger partial charge in [0.1, 0.15) is 0 Å². The van der Waals surface area contributed by atoms with Gasteiger partial charge in [0.25, 0.3) is 0 Å². The molecule has 1 aliphatic carbocycles. The molecule has 0 nitrogen and oxygen atoms in total. The van der Waals surface area contributed by atoms with Gasteiger partial charge in [0.2, 0.25) is 0 Å². The molecule has 12 heavy (non-hydrogen) atoms. The summed E-state index contributed by atoms with van der Waals surface area (Å²) < 4.78 is 0. The summed E-state index contributed by atoms with van der Waals surface area (Å²) in [6, 6.07) is 0. The van der Waals surface area contributed by atoms with Crippen LogP contribution in [0.4, 0.5) is 0 Å². The molecule has 1 rings (SSSR count). The SMILES string of the molecule is CC1C=CCCCC1.Cl[SiH](Cl)Cl. The molecule has 0 spiro atoms. The monoisotopic (exact) mass is 244 g/mol. The molecule has 0 aromatic carbocycles. The predicted molar refractivity (Wildman–Crippen MR) is 61.5 cm³/mol. The Kier molecular flexibility index (Phi) is 9.01. The van der Waals surface area contributed by atoms with Gasteiger partial charge in [0.05, 0.1) is 0 Å². The minimum absolute atomic E-state index is 0.845. The zero-order valence-electron chi connectivity index (χ0n) is 7.27. The Morgan fingerprint density at radius 1 is 1.25 bits per heavy atom. The van der Waals surface area contributed by atoms with Crippen LogP contribution in [0.2, 0.25) is 0 Å². The standard InChI is InChI=1S/C8H14.Cl3HSi/c1-8-6-4-2-3-5-7-8;1-4(2)3/h4,6,8H,2-3,5,7H2,1H3;4H. The van der Waals surface area contributed by atoms with E-state index in [1.165, 1.54) is 25.7 Å². The topological polar surface area (TPSA) is 0 Å². The highest BCUT2D eigenvalue weighted by atomic mass is 35.8. The third-order valence-corrected chi connectivity index (χ3v) is 1.74. The summed E-state index contributed by atoms with van der Waals surface area (Å²) in [6.07, 6.45) is 10.2. The van der Waals surface area contributed by atoms with Gasteiger partial charge in [-0.15, -0.1) is 33.2 Å². The number of allylic oxidation sites excluding steroid dienone is 2. The lowest BCUT2D eigenvalue weighted by atomic mass is 10.1. The van der Waals surface area contributed by atoms with Crippen molar-refractivity contribution in [3.63, 3.8) is 0 Å². The van der Waals surface area contributed by atoms with E-state index in [1.54, 1.807) is 0 Å². The first kappa shape index (κ1) is 12.8. The van der Waals surface area contributed by atoms with Crippen molar-refractivity contribution in [2.75, 3.05) is 0 Å². The molecule has 0 amide bonds. The second-order valence-corrected chi connectivity index (χ2v) is 9.37. The van der Waals surface area contributed by atoms with E-state index in [-0.39, 0.29) is 0 Å². The molecular weight excluding hydrogens is 231 g/mol. The highest BCUT2D eigenvalue weighted by molar-refractivity contribution is 7.54. The van der Waals surface area contributed by atoms with Crippen LogP contribution in [0.3, 0.4) is 0 Å². The van der Waals surface area contributed by atoms with E-state index in [9.17, 15) is 0 Å². The molecule has 0 saturated heterocycles. The second kappa shape index (κ2) is 8.43. The fourth-order valence-corrected chi connectivity index (χ4v) is 1.15. The molecule has 0 radical (unpaired) electrons. The van der Waals surface area contributed by atoms with Crippen LogP contribution in [0.25, 0.3) is 0 Å². The van der Waals surface area contributed by atoms with E-state index in [4.69, 9.17) is 33.2 Å². The summed E-state index contributed by atoms with van der Waals surface area (Å²) in [7, 11) is 0. The first-order valence-corrected chi connectivity index (χ1v) is 9.45. The lowest BCUT2D eigenvalue weighted by Gasteiger charge is -1.98. The smallest absolute Gasteiger partial charge is 0.130 e. The molecule has 0 fully saturated rings. The first-order chi connectivity index (χ1) is 5.63. The molecule has 1 aliphatic rings. The van der Waals surface area contributed by atoms with Crippen molar-refractivity contribution < 1.29 is 0 Å². The van der Waals surface area contributed by atoms with Crippen molar-refractivity contribution in [2.45, 2.75) is 32.6 Å². The van der Waals surface area contributed by atoms with Gasteiger partial charge in [-0.1, -0.05) is 25.5 Å². The quantitative estimate of drug-likeness (QED) is 0.341. The Morgan fingerprint density at radius 3 is 2.42 bits per heavy atom. The minimum Gasteiger partial charge on any atom is -0.130 e. The molecule has 72 valence electrons. The Morgan fingerprint density at radius 2 is 1.83 bits per heavy atom. The molecule has 1 atom stereocenters. The van der Waals surface area contributed by atoms with Crippen LogP contribution in [0.1, 0.15) is 32.6 Å². The van der Waals surface area contributed by atoms with E-state index in [1.807, 2.05) is 0 Å². The van der Waals surface area contributed by atoms with Crippen molar-refractivity contribution in [2.24, 2.45) is 5.92 Å². The molecule has 0 N–H and O–H groups in total. The Bertz CT molecular complexity index is 123. The summed E-state index contributed by atoms with van der Waals surface area (Å²) in [6.45, 7) is 0.571. The molecule has 0 saturated carbocycles. The van der Waals surface area contributed by atoms with Crippen molar-refractivity contribution in [1.82, 2.24) is 0 Å². The minimum atomic E-state index is -1.72. The average Bonchev–Trinajstić information content (AvgIpc) is 2.14. The highest BCUT2D eigenvalue weighted by Crippen LogP contribution is 2.15. The molecule has 1 unspecified atom stereocenters. The lowest BCUT2D eigenvalue weighted by molar-refractivity contribution is 0.605. The molecule has 0 aromatic heterocycles. The maximum Gasteiger partial charge on any atom is 0.326 e. The van der Waals surface area contributed by atoms with E-state index in [2.05, 4.69) is 19.1 Å². The molecule has 4 heteroatoms. The first-order valence-electron chi connectivity index (χ1n) is 4.22. The summed E-state index contributed by atoms with van der Waals surface area (Å²) in [5.41, 5.74) is 0. The average molecular weight is 246 g/mol. The highest BCUT2D eigenvalue weighted by Gasteiger charge is 1.98. The zero-order valence-corrected chi connectivity index (χ0v) is 10.7. The van der Waals surface area contributed by atoms with Crippen LogP contribution in [-0.2, 0) is 0 Å². The predicted octanol–water partition coefficient (Wildman–Crippen LogP) is 4.17. The fraction of sp³-hybridized carbons (Fsp3) is 0.750. The van der Waals surface area contributed by atoms with E-state index in [0.29, 0.717) is 0 Å². The third-order valence-electron chi connectivity index (χ3n) is 1.74.